The molecule has 2 atom stereocenters. The summed E-state index contributed by atoms with van der Waals surface area (Å²) < 4.78 is 16.0. The van der Waals surface area contributed by atoms with E-state index in [0.29, 0.717) is 55.4 Å². The zero-order chi connectivity index (χ0) is 25.1. The van der Waals surface area contributed by atoms with Crippen molar-refractivity contribution in [2.75, 3.05) is 54.1 Å². The van der Waals surface area contributed by atoms with Crippen molar-refractivity contribution in [1.82, 2.24) is 19.7 Å². The number of hydrogen-bond acceptors (Lipinski definition) is 7. The van der Waals surface area contributed by atoms with Gasteiger partial charge >= 0.3 is 6.09 Å². The number of fused-ring (bicyclic) bond motifs is 1. The van der Waals surface area contributed by atoms with Gasteiger partial charge in [0.15, 0.2) is 11.5 Å². The molecule has 3 heterocycles. The van der Waals surface area contributed by atoms with Gasteiger partial charge in [-0.2, -0.15) is 0 Å². The Kier molecular flexibility index (Phi) is 7.09. The van der Waals surface area contributed by atoms with Gasteiger partial charge in [-0.15, -0.1) is 0 Å². The number of rotatable bonds is 5. The van der Waals surface area contributed by atoms with Gasteiger partial charge in [0.1, 0.15) is 0 Å². The van der Waals surface area contributed by atoms with E-state index in [9.17, 15) is 14.4 Å². The molecule has 2 aliphatic heterocycles. The van der Waals surface area contributed by atoms with Crippen LogP contribution in [0.4, 0.5) is 4.79 Å². The second kappa shape index (κ2) is 10.2. The molecule has 10 nitrogen and oxygen atoms in total. The number of methoxy groups -OCH3 is 2. The number of carbonyl (C=O) groups excluding carboxylic acids is 3. The van der Waals surface area contributed by atoms with Gasteiger partial charge < -0.3 is 28.9 Å². The fraction of sp³-hybridized carbons (Fsp3) is 0.440. The molecule has 0 unspecified atom stereocenters. The summed E-state index contributed by atoms with van der Waals surface area (Å²) in [5, 5.41) is 0. The minimum Gasteiger partial charge on any atom is -0.493 e. The maximum atomic E-state index is 14.1. The molecule has 1 aromatic heterocycles. The van der Waals surface area contributed by atoms with Crippen LogP contribution in [0.3, 0.4) is 0 Å². The molecule has 186 valence electrons. The molecule has 0 aliphatic carbocycles. The number of likely N-dealkylation sites (N-methyl/N-ethyl adjacent to an activating group) is 1. The van der Waals surface area contributed by atoms with E-state index in [4.69, 9.17) is 14.2 Å². The molecule has 35 heavy (non-hydrogen) atoms. The number of carbonyl (C=O) groups is 3. The lowest BCUT2D eigenvalue weighted by atomic mass is 9.79. The SMILES string of the molecule is CCOC(=O)N1CCN(C(=O)[C@@H]2c3cc(OC)c(OC)cc3C(=O)N(C)[C@H]2c2cccnc2)CC1. The molecule has 3 amide bonds. The van der Waals surface area contributed by atoms with Crippen LogP contribution in [0, 0.1) is 0 Å². The lowest BCUT2D eigenvalue weighted by Crippen LogP contribution is -2.54. The van der Waals surface area contributed by atoms with Crippen molar-refractivity contribution in [3.63, 3.8) is 0 Å². The smallest absolute Gasteiger partial charge is 0.409 e. The molecule has 1 saturated heterocycles. The minimum atomic E-state index is -0.689. The Morgan fingerprint density at radius 1 is 1.06 bits per heavy atom. The Bertz CT molecular complexity index is 1100. The van der Waals surface area contributed by atoms with Crippen LogP contribution in [0.1, 0.15) is 40.4 Å². The van der Waals surface area contributed by atoms with Crippen molar-refractivity contribution in [1.29, 1.82) is 0 Å². The van der Waals surface area contributed by atoms with Crippen molar-refractivity contribution in [2.45, 2.75) is 18.9 Å². The monoisotopic (exact) mass is 482 g/mol. The highest BCUT2D eigenvalue weighted by Gasteiger charge is 2.45. The molecule has 1 aromatic carbocycles. The molecule has 4 rings (SSSR count). The third-order valence-corrected chi connectivity index (χ3v) is 6.58. The van der Waals surface area contributed by atoms with Gasteiger partial charge in [-0.3, -0.25) is 14.6 Å². The van der Waals surface area contributed by atoms with Gasteiger partial charge in [0.25, 0.3) is 5.91 Å². The largest absolute Gasteiger partial charge is 0.493 e. The van der Waals surface area contributed by atoms with E-state index in [1.54, 1.807) is 59.3 Å². The molecule has 0 spiro atoms. The standard InChI is InChI=1S/C25H30N4O6/c1-5-35-25(32)29-11-9-28(10-12-29)24(31)21-17-13-19(33-3)20(34-4)14-18(17)23(30)27(2)22(21)16-7-6-8-26-15-16/h6-8,13-15,21-22H,5,9-12H2,1-4H3/t21-,22+/m1/s1. The van der Waals surface area contributed by atoms with Crippen molar-refractivity contribution in [3.05, 3.63) is 53.3 Å². The molecule has 0 bridgehead atoms. The summed E-state index contributed by atoms with van der Waals surface area (Å²) in [6, 6.07) is 6.45. The first-order valence-electron chi connectivity index (χ1n) is 11.5. The van der Waals surface area contributed by atoms with Crippen molar-refractivity contribution >= 4 is 17.9 Å². The predicted octanol–water partition coefficient (Wildman–Crippen LogP) is 2.31. The Hall–Kier alpha value is -3.82. The first-order chi connectivity index (χ1) is 16.9. The summed E-state index contributed by atoms with van der Waals surface area (Å²) >= 11 is 0. The molecule has 0 N–H and O–H groups in total. The van der Waals surface area contributed by atoms with Gasteiger partial charge in [-0.05, 0) is 36.2 Å². The Labute approximate surface area is 204 Å². The predicted molar refractivity (Wildman–Crippen MR) is 127 cm³/mol. The molecule has 2 aromatic rings. The second-order valence-electron chi connectivity index (χ2n) is 8.43. The minimum absolute atomic E-state index is 0.129. The molecule has 0 radical (unpaired) electrons. The van der Waals surface area contributed by atoms with E-state index in [1.165, 1.54) is 14.2 Å². The van der Waals surface area contributed by atoms with E-state index in [0.717, 1.165) is 5.56 Å². The Morgan fingerprint density at radius 3 is 2.31 bits per heavy atom. The zero-order valence-corrected chi connectivity index (χ0v) is 20.4. The second-order valence-corrected chi connectivity index (χ2v) is 8.43. The molecule has 10 heteroatoms. The van der Waals surface area contributed by atoms with Crippen molar-refractivity contribution in [3.8, 4) is 11.5 Å². The van der Waals surface area contributed by atoms with Crippen LogP contribution in [0.2, 0.25) is 0 Å². The summed E-state index contributed by atoms with van der Waals surface area (Å²) in [5.41, 5.74) is 1.73. The molecular weight excluding hydrogens is 452 g/mol. The lowest BCUT2D eigenvalue weighted by Gasteiger charge is -2.43. The highest BCUT2D eigenvalue weighted by molar-refractivity contribution is 6.02. The number of pyridine rings is 1. The fourth-order valence-electron chi connectivity index (χ4n) is 4.80. The van der Waals surface area contributed by atoms with E-state index < -0.39 is 12.0 Å². The number of benzene rings is 1. The van der Waals surface area contributed by atoms with Gasteiger partial charge in [-0.1, -0.05) is 6.07 Å². The number of aromatic nitrogens is 1. The number of nitrogens with zero attached hydrogens (tertiary/aromatic N) is 4. The van der Waals surface area contributed by atoms with Crippen LogP contribution in [-0.4, -0.2) is 91.6 Å². The fourth-order valence-corrected chi connectivity index (χ4v) is 4.80. The molecular formula is C25H30N4O6. The highest BCUT2D eigenvalue weighted by Crippen LogP contribution is 2.46. The molecule has 0 saturated carbocycles. The van der Waals surface area contributed by atoms with E-state index >= 15 is 0 Å². The summed E-state index contributed by atoms with van der Waals surface area (Å²) in [6.07, 6.45) is 2.96. The average Bonchev–Trinajstić information content (AvgIpc) is 2.90. The first-order valence-corrected chi connectivity index (χ1v) is 11.5. The normalized spacial score (nSPS) is 19.8. The highest BCUT2D eigenvalue weighted by atomic mass is 16.6. The van der Waals surface area contributed by atoms with Crippen LogP contribution in [0.25, 0.3) is 0 Å². The number of amides is 3. The van der Waals surface area contributed by atoms with Crippen LogP contribution < -0.4 is 9.47 Å². The first kappa shape index (κ1) is 24.3. The molecule has 2 aliphatic rings. The number of piperazine rings is 1. The average molecular weight is 483 g/mol. The molecule has 1 fully saturated rings. The van der Waals surface area contributed by atoms with Crippen LogP contribution >= 0.6 is 0 Å². The van der Waals surface area contributed by atoms with Crippen LogP contribution in [0.15, 0.2) is 36.7 Å². The summed E-state index contributed by atoms with van der Waals surface area (Å²) in [5.74, 6) is -0.174. The van der Waals surface area contributed by atoms with Crippen molar-refractivity contribution < 1.29 is 28.6 Å². The van der Waals surface area contributed by atoms with Crippen LogP contribution in [0.5, 0.6) is 11.5 Å². The topological polar surface area (TPSA) is 102 Å². The summed E-state index contributed by atoms with van der Waals surface area (Å²) in [6.45, 7) is 3.56. The van der Waals surface area contributed by atoms with E-state index in [2.05, 4.69) is 4.98 Å². The van der Waals surface area contributed by atoms with Crippen LogP contribution in [-0.2, 0) is 9.53 Å². The van der Waals surface area contributed by atoms with Gasteiger partial charge in [0.05, 0.1) is 32.8 Å². The Balaban J connectivity index is 1.74. The maximum absolute atomic E-state index is 14.1. The summed E-state index contributed by atoms with van der Waals surface area (Å²) in [7, 11) is 4.72. The quantitative estimate of drug-likeness (QED) is 0.645. The van der Waals surface area contributed by atoms with Gasteiger partial charge in [0, 0.05) is 51.2 Å². The summed E-state index contributed by atoms with van der Waals surface area (Å²) in [4.78, 5) is 48.8. The van der Waals surface area contributed by atoms with E-state index in [-0.39, 0.29) is 17.9 Å². The van der Waals surface area contributed by atoms with E-state index in [1.807, 2.05) is 6.07 Å². The van der Waals surface area contributed by atoms with Gasteiger partial charge in [-0.25, -0.2) is 4.79 Å². The van der Waals surface area contributed by atoms with Crippen molar-refractivity contribution in [2.24, 2.45) is 0 Å². The third kappa shape index (κ3) is 4.48. The number of ether oxygens (including phenoxy) is 3. The third-order valence-electron chi connectivity index (χ3n) is 6.58. The van der Waals surface area contributed by atoms with Gasteiger partial charge in [0.2, 0.25) is 5.91 Å². The zero-order valence-electron chi connectivity index (χ0n) is 20.4. The lowest BCUT2D eigenvalue weighted by molar-refractivity contribution is -0.136. The number of hydrogen-bond donors (Lipinski definition) is 0. The maximum Gasteiger partial charge on any atom is 0.409 e. The Morgan fingerprint density at radius 2 is 1.71 bits per heavy atom.